The van der Waals surface area contributed by atoms with Crippen LogP contribution < -0.4 is 10.6 Å². The van der Waals surface area contributed by atoms with Gasteiger partial charge in [-0.2, -0.15) is 0 Å². The highest BCUT2D eigenvalue weighted by atomic mass is 32.1. The number of nitrogens with zero attached hydrogens (tertiary/aromatic N) is 2. The highest BCUT2D eigenvalue weighted by molar-refractivity contribution is 7.09. The second-order valence-electron chi connectivity index (χ2n) is 5.92. The molecule has 1 heterocycles. The highest BCUT2D eigenvalue weighted by Gasteiger charge is 2.06. The molecule has 0 spiro atoms. The van der Waals surface area contributed by atoms with Crippen LogP contribution in [-0.2, 0) is 13.0 Å². The first-order valence-corrected chi connectivity index (χ1v) is 8.91. The molecule has 0 aliphatic carbocycles. The van der Waals surface area contributed by atoms with Crippen LogP contribution in [0.15, 0.2) is 34.6 Å². The van der Waals surface area contributed by atoms with Gasteiger partial charge in [0, 0.05) is 37.9 Å². The Morgan fingerprint density at radius 2 is 2.13 bits per heavy atom. The summed E-state index contributed by atoms with van der Waals surface area (Å²) in [6.07, 6.45) is 0.911. The van der Waals surface area contributed by atoms with Gasteiger partial charge in [0.25, 0.3) is 0 Å². The number of hydrogen-bond donors (Lipinski definition) is 2. The number of aromatic nitrogens is 1. The van der Waals surface area contributed by atoms with Gasteiger partial charge in [-0.3, -0.25) is 4.99 Å². The average molecular weight is 331 g/mol. The number of aliphatic imine (C=N–C) groups is 1. The minimum absolute atomic E-state index is 0.505. The van der Waals surface area contributed by atoms with Crippen LogP contribution in [0.1, 0.15) is 41.6 Å². The molecule has 0 atom stereocenters. The van der Waals surface area contributed by atoms with Gasteiger partial charge in [0.05, 0.1) is 10.7 Å². The van der Waals surface area contributed by atoms with E-state index in [0.717, 1.165) is 31.2 Å². The lowest BCUT2D eigenvalue weighted by molar-refractivity contribution is 0.777. The maximum absolute atomic E-state index is 4.65. The molecule has 0 amide bonds. The van der Waals surface area contributed by atoms with Crippen LogP contribution in [-0.4, -0.2) is 24.5 Å². The monoisotopic (exact) mass is 330 g/mol. The van der Waals surface area contributed by atoms with Crippen molar-refractivity contribution in [2.75, 3.05) is 13.6 Å². The molecular formula is C18H26N4S. The van der Waals surface area contributed by atoms with Crippen LogP contribution in [0.25, 0.3) is 0 Å². The number of aryl methyl sites for hydroxylation is 1. The Morgan fingerprint density at radius 1 is 1.30 bits per heavy atom. The predicted octanol–water partition coefficient (Wildman–Crippen LogP) is 3.48. The Hall–Kier alpha value is -1.88. The predicted molar refractivity (Wildman–Crippen MR) is 99.3 cm³/mol. The van der Waals surface area contributed by atoms with E-state index < -0.39 is 0 Å². The van der Waals surface area contributed by atoms with Crippen LogP contribution in [0.3, 0.4) is 0 Å². The highest BCUT2D eigenvalue weighted by Crippen LogP contribution is 2.19. The fourth-order valence-electron chi connectivity index (χ4n) is 2.24. The third kappa shape index (κ3) is 5.67. The Balaban J connectivity index is 1.76. The van der Waals surface area contributed by atoms with Crippen LogP contribution in [0.5, 0.6) is 0 Å². The number of nitrogens with one attached hydrogen (secondary N) is 2. The van der Waals surface area contributed by atoms with Crippen molar-refractivity contribution in [3.05, 3.63) is 51.5 Å². The topological polar surface area (TPSA) is 49.3 Å². The summed E-state index contributed by atoms with van der Waals surface area (Å²) in [5.74, 6) is 1.33. The maximum atomic E-state index is 4.65. The lowest BCUT2D eigenvalue weighted by Gasteiger charge is -2.11. The number of hydrogen-bond acceptors (Lipinski definition) is 3. The SMILES string of the molecule is CN=C(NCCc1csc(C(C)C)n1)NCc1cccc(C)c1. The van der Waals surface area contributed by atoms with Crippen molar-refractivity contribution < 1.29 is 0 Å². The average Bonchev–Trinajstić information content (AvgIpc) is 3.00. The van der Waals surface area contributed by atoms with Crippen molar-refractivity contribution in [1.82, 2.24) is 15.6 Å². The van der Waals surface area contributed by atoms with Gasteiger partial charge >= 0.3 is 0 Å². The van der Waals surface area contributed by atoms with E-state index in [0.29, 0.717) is 5.92 Å². The summed E-state index contributed by atoms with van der Waals surface area (Å²) in [7, 11) is 1.80. The third-order valence-electron chi connectivity index (χ3n) is 3.50. The smallest absolute Gasteiger partial charge is 0.191 e. The summed E-state index contributed by atoms with van der Waals surface area (Å²) >= 11 is 1.75. The van der Waals surface area contributed by atoms with Gasteiger partial charge in [0.1, 0.15) is 0 Å². The Labute approximate surface area is 143 Å². The molecule has 0 radical (unpaired) electrons. The maximum Gasteiger partial charge on any atom is 0.191 e. The minimum Gasteiger partial charge on any atom is -0.356 e. The Bertz CT molecular complexity index is 646. The van der Waals surface area contributed by atoms with E-state index in [1.54, 1.807) is 18.4 Å². The van der Waals surface area contributed by atoms with E-state index in [1.807, 2.05) is 0 Å². The molecule has 2 rings (SSSR count). The molecule has 2 aromatic rings. The molecule has 124 valence electrons. The molecular weight excluding hydrogens is 304 g/mol. The molecule has 0 aliphatic heterocycles. The first kappa shape index (κ1) is 17.5. The molecule has 2 N–H and O–H groups in total. The van der Waals surface area contributed by atoms with Crippen LogP contribution in [0.2, 0.25) is 0 Å². The zero-order valence-electron chi connectivity index (χ0n) is 14.4. The molecule has 0 unspecified atom stereocenters. The molecule has 0 saturated carbocycles. The lowest BCUT2D eigenvalue weighted by Crippen LogP contribution is -2.37. The molecule has 23 heavy (non-hydrogen) atoms. The molecule has 1 aromatic heterocycles. The number of guanidine groups is 1. The fraction of sp³-hybridized carbons (Fsp3) is 0.444. The van der Waals surface area contributed by atoms with E-state index in [-0.39, 0.29) is 0 Å². The van der Waals surface area contributed by atoms with Crippen LogP contribution in [0, 0.1) is 6.92 Å². The van der Waals surface area contributed by atoms with E-state index in [2.05, 4.69) is 71.0 Å². The van der Waals surface area contributed by atoms with Gasteiger partial charge in [-0.1, -0.05) is 43.7 Å². The second kappa shape index (κ2) is 8.67. The summed E-state index contributed by atoms with van der Waals surface area (Å²) in [6.45, 7) is 8.07. The summed E-state index contributed by atoms with van der Waals surface area (Å²) in [5.41, 5.74) is 3.69. The number of benzene rings is 1. The van der Waals surface area contributed by atoms with Crippen molar-refractivity contribution in [2.45, 2.75) is 39.7 Å². The summed E-state index contributed by atoms with van der Waals surface area (Å²) in [6, 6.07) is 8.49. The number of thiazole rings is 1. The quantitative estimate of drug-likeness (QED) is 0.630. The third-order valence-corrected chi connectivity index (χ3v) is 4.70. The van der Waals surface area contributed by atoms with Crippen molar-refractivity contribution in [3.63, 3.8) is 0 Å². The minimum atomic E-state index is 0.505. The van der Waals surface area contributed by atoms with E-state index in [1.165, 1.54) is 16.1 Å². The summed E-state index contributed by atoms with van der Waals surface area (Å²) < 4.78 is 0. The fourth-order valence-corrected chi connectivity index (χ4v) is 3.11. The molecule has 0 fully saturated rings. The molecule has 0 bridgehead atoms. The molecule has 4 nitrogen and oxygen atoms in total. The van der Waals surface area contributed by atoms with Gasteiger partial charge in [0.2, 0.25) is 0 Å². The zero-order chi connectivity index (χ0) is 16.7. The molecule has 1 aromatic carbocycles. The van der Waals surface area contributed by atoms with Gasteiger partial charge in [0.15, 0.2) is 5.96 Å². The Kier molecular flexibility index (Phi) is 6.59. The van der Waals surface area contributed by atoms with Crippen molar-refractivity contribution in [3.8, 4) is 0 Å². The lowest BCUT2D eigenvalue weighted by atomic mass is 10.1. The number of rotatable bonds is 6. The molecule has 5 heteroatoms. The van der Waals surface area contributed by atoms with Crippen molar-refractivity contribution in [2.24, 2.45) is 4.99 Å². The van der Waals surface area contributed by atoms with E-state index in [9.17, 15) is 0 Å². The largest absolute Gasteiger partial charge is 0.356 e. The molecule has 0 saturated heterocycles. The van der Waals surface area contributed by atoms with Gasteiger partial charge in [-0.25, -0.2) is 4.98 Å². The first-order chi connectivity index (χ1) is 11.1. The van der Waals surface area contributed by atoms with Gasteiger partial charge < -0.3 is 10.6 Å². The van der Waals surface area contributed by atoms with E-state index in [4.69, 9.17) is 0 Å². The standard InChI is InChI=1S/C18H26N4S/c1-13(2)17-22-16(12-23-17)8-9-20-18(19-4)21-11-15-7-5-6-14(3)10-15/h5-7,10,12-13H,8-9,11H2,1-4H3,(H2,19,20,21). The normalized spacial score (nSPS) is 11.8. The summed E-state index contributed by atoms with van der Waals surface area (Å²) in [4.78, 5) is 8.92. The van der Waals surface area contributed by atoms with Crippen LogP contribution >= 0.6 is 11.3 Å². The Morgan fingerprint density at radius 3 is 2.78 bits per heavy atom. The van der Waals surface area contributed by atoms with Gasteiger partial charge in [-0.05, 0) is 12.5 Å². The van der Waals surface area contributed by atoms with Gasteiger partial charge in [-0.15, -0.1) is 11.3 Å². The van der Waals surface area contributed by atoms with Crippen molar-refractivity contribution >= 4 is 17.3 Å². The zero-order valence-corrected chi connectivity index (χ0v) is 15.2. The van der Waals surface area contributed by atoms with Crippen LogP contribution in [0.4, 0.5) is 0 Å². The summed E-state index contributed by atoms with van der Waals surface area (Å²) in [5, 5.41) is 10.1. The molecule has 0 aliphatic rings. The van der Waals surface area contributed by atoms with E-state index >= 15 is 0 Å². The van der Waals surface area contributed by atoms with Crippen molar-refractivity contribution in [1.29, 1.82) is 0 Å². The first-order valence-electron chi connectivity index (χ1n) is 8.03. The second-order valence-corrected chi connectivity index (χ2v) is 6.81.